The number of esters is 3. The van der Waals surface area contributed by atoms with Crippen LogP contribution in [0.4, 0.5) is 0 Å². The normalized spacial score (nSPS) is 12.7. The molecule has 0 saturated heterocycles. The molecule has 0 radical (unpaired) electrons. The molecule has 1 atom stereocenters. The van der Waals surface area contributed by atoms with E-state index in [9.17, 15) is 14.4 Å². The third-order valence-electron chi connectivity index (χ3n) is 15.3. The molecule has 0 saturated carbocycles. The van der Waals surface area contributed by atoms with Crippen LogP contribution in [0.3, 0.4) is 0 Å². The first-order valence-electron chi connectivity index (χ1n) is 35.2. The van der Waals surface area contributed by atoms with E-state index in [4.69, 9.17) is 14.2 Å². The molecular formula is C76H132O6. The summed E-state index contributed by atoms with van der Waals surface area (Å²) in [5.41, 5.74) is 0. The first kappa shape index (κ1) is 78.3. The minimum Gasteiger partial charge on any atom is -0.462 e. The van der Waals surface area contributed by atoms with Crippen LogP contribution in [0, 0.1) is 0 Å². The molecule has 0 aliphatic carbocycles. The zero-order chi connectivity index (χ0) is 59.2. The maximum atomic E-state index is 12.9. The molecule has 0 amide bonds. The summed E-state index contributed by atoms with van der Waals surface area (Å²) in [5.74, 6) is -0.889. The number of hydrogen-bond acceptors (Lipinski definition) is 6. The predicted molar refractivity (Wildman–Crippen MR) is 357 cm³/mol. The summed E-state index contributed by atoms with van der Waals surface area (Å²) in [6, 6.07) is 0. The van der Waals surface area contributed by atoms with Crippen molar-refractivity contribution in [1.29, 1.82) is 0 Å². The van der Waals surface area contributed by atoms with Gasteiger partial charge in [0.05, 0.1) is 0 Å². The maximum Gasteiger partial charge on any atom is 0.306 e. The number of hydrogen-bond donors (Lipinski definition) is 0. The first-order valence-corrected chi connectivity index (χ1v) is 35.2. The summed E-state index contributed by atoms with van der Waals surface area (Å²) >= 11 is 0. The number of rotatable bonds is 64. The molecule has 6 heteroatoms. The Labute approximate surface area is 508 Å². The minimum absolute atomic E-state index is 0.0825. The Morgan fingerprint density at radius 2 is 0.476 bits per heavy atom. The van der Waals surface area contributed by atoms with Crippen LogP contribution in [-0.2, 0) is 28.6 Å². The summed E-state index contributed by atoms with van der Waals surface area (Å²) in [7, 11) is 0. The first-order chi connectivity index (χ1) is 40.5. The van der Waals surface area contributed by atoms with E-state index >= 15 is 0 Å². The molecule has 0 heterocycles. The molecular weight excluding hydrogens is 1010 g/mol. The zero-order valence-corrected chi connectivity index (χ0v) is 54.2. The van der Waals surface area contributed by atoms with Crippen molar-refractivity contribution in [1.82, 2.24) is 0 Å². The summed E-state index contributed by atoms with van der Waals surface area (Å²) in [5, 5.41) is 0. The summed E-state index contributed by atoms with van der Waals surface area (Å²) in [6.45, 7) is 6.51. The molecule has 0 aromatic heterocycles. The highest BCUT2D eigenvalue weighted by Crippen LogP contribution is 2.17. The second-order valence-corrected chi connectivity index (χ2v) is 23.4. The second kappa shape index (κ2) is 69.8. The molecule has 0 aliphatic rings. The van der Waals surface area contributed by atoms with E-state index in [2.05, 4.69) is 118 Å². The van der Waals surface area contributed by atoms with Gasteiger partial charge in [0, 0.05) is 19.3 Å². The van der Waals surface area contributed by atoms with Crippen molar-refractivity contribution in [2.45, 2.75) is 354 Å². The van der Waals surface area contributed by atoms with E-state index in [0.717, 1.165) is 109 Å². The van der Waals surface area contributed by atoms with Crippen molar-refractivity contribution in [3.8, 4) is 0 Å². The van der Waals surface area contributed by atoms with Gasteiger partial charge < -0.3 is 14.2 Å². The van der Waals surface area contributed by atoms with Crippen LogP contribution in [-0.4, -0.2) is 37.2 Å². The Hall–Kier alpha value is -3.67. The maximum absolute atomic E-state index is 12.9. The van der Waals surface area contributed by atoms with Crippen LogP contribution in [0.5, 0.6) is 0 Å². The molecule has 0 aliphatic heterocycles. The highest BCUT2D eigenvalue weighted by Gasteiger charge is 2.19. The lowest BCUT2D eigenvalue weighted by atomic mass is 10.0. The van der Waals surface area contributed by atoms with Crippen molar-refractivity contribution in [3.63, 3.8) is 0 Å². The van der Waals surface area contributed by atoms with E-state index in [-0.39, 0.29) is 31.1 Å². The van der Waals surface area contributed by atoms with Gasteiger partial charge in [-0.2, -0.15) is 0 Å². The van der Waals surface area contributed by atoms with Gasteiger partial charge in [0.2, 0.25) is 0 Å². The van der Waals surface area contributed by atoms with Crippen molar-refractivity contribution in [3.05, 3.63) is 97.2 Å². The largest absolute Gasteiger partial charge is 0.462 e. The van der Waals surface area contributed by atoms with Crippen molar-refractivity contribution >= 4 is 17.9 Å². The minimum atomic E-state index is -0.788. The van der Waals surface area contributed by atoms with Crippen molar-refractivity contribution in [2.75, 3.05) is 13.2 Å². The third-order valence-corrected chi connectivity index (χ3v) is 15.3. The van der Waals surface area contributed by atoms with Gasteiger partial charge in [0.1, 0.15) is 13.2 Å². The Kier molecular flexibility index (Phi) is 66.7. The highest BCUT2D eigenvalue weighted by molar-refractivity contribution is 5.71. The van der Waals surface area contributed by atoms with E-state index in [1.54, 1.807) is 0 Å². The molecule has 0 fully saturated rings. The number of allylic oxidation sites excluding steroid dienone is 16. The molecule has 6 nitrogen and oxygen atoms in total. The quantitative estimate of drug-likeness (QED) is 0.0261. The third kappa shape index (κ3) is 67.1. The van der Waals surface area contributed by atoms with Gasteiger partial charge in [0.25, 0.3) is 0 Å². The van der Waals surface area contributed by atoms with Gasteiger partial charge in [-0.25, -0.2) is 0 Å². The zero-order valence-electron chi connectivity index (χ0n) is 54.2. The van der Waals surface area contributed by atoms with Gasteiger partial charge in [-0.1, -0.05) is 304 Å². The lowest BCUT2D eigenvalue weighted by molar-refractivity contribution is -0.167. The van der Waals surface area contributed by atoms with Crippen LogP contribution in [0.25, 0.3) is 0 Å². The number of carbonyl (C=O) groups is 3. The Morgan fingerprint density at radius 1 is 0.256 bits per heavy atom. The van der Waals surface area contributed by atoms with Crippen molar-refractivity contribution in [2.24, 2.45) is 0 Å². The summed E-state index contributed by atoms with van der Waals surface area (Å²) in [6.07, 6.45) is 94.4. The topological polar surface area (TPSA) is 78.9 Å². The van der Waals surface area contributed by atoms with Gasteiger partial charge in [-0.3, -0.25) is 14.4 Å². The average Bonchev–Trinajstić information content (AvgIpc) is 3.47. The molecule has 472 valence electrons. The molecule has 0 aromatic carbocycles. The van der Waals surface area contributed by atoms with Crippen LogP contribution in [0.1, 0.15) is 348 Å². The van der Waals surface area contributed by atoms with Gasteiger partial charge in [0.15, 0.2) is 6.10 Å². The standard InChI is InChI=1S/C76H132O6/c1-4-7-10-13-16-19-22-25-27-29-31-33-35-36-37-38-39-40-42-43-45-47-49-51-54-57-60-63-66-69-75(78)81-72-73(71-80-74(77)68-65-62-59-56-53-24-21-18-15-12-9-6-3)82-76(79)70-67-64-61-58-55-52-50-48-46-44-41-34-32-30-28-26-23-20-17-14-11-8-5-2/h8,11,17-18,20-22,25-26,28-29,31-32,34,44,46,73H,4-7,9-10,12-16,19,23-24,27,30,33,35-43,45,47-72H2,1-3H3/b11-8-,20-17-,21-18-,25-22-,28-26-,31-29-,34-32-,46-44-. The van der Waals surface area contributed by atoms with E-state index in [1.807, 2.05) is 0 Å². The van der Waals surface area contributed by atoms with Crippen LogP contribution >= 0.6 is 0 Å². The van der Waals surface area contributed by atoms with E-state index < -0.39 is 6.10 Å². The van der Waals surface area contributed by atoms with Crippen molar-refractivity contribution < 1.29 is 28.6 Å². The molecule has 0 bridgehead atoms. The molecule has 0 spiro atoms. The van der Waals surface area contributed by atoms with Crippen LogP contribution in [0.15, 0.2) is 97.2 Å². The SMILES string of the molecule is CC/C=C\C/C=C\C/C=C\C/C=C\C/C=C\CCCCCCCCCC(=O)OC(COC(=O)CCCCCCC/C=C\CCCCC)COC(=O)CCCCCCCCCCCCCCCCCCC/C=C\C/C=C\CCCCCCC. The van der Waals surface area contributed by atoms with E-state index in [1.165, 1.54) is 199 Å². The Morgan fingerprint density at radius 3 is 0.780 bits per heavy atom. The summed E-state index contributed by atoms with van der Waals surface area (Å²) < 4.78 is 17.0. The number of carbonyl (C=O) groups excluding carboxylic acids is 3. The number of ether oxygens (including phenoxy) is 3. The van der Waals surface area contributed by atoms with Gasteiger partial charge in [-0.15, -0.1) is 0 Å². The van der Waals surface area contributed by atoms with Crippen LogP contribution in [0.2, 0.25) is 0 Å². The second-order valence-electron chi connectivity index (χ2n) is 23.4. The van der Waals surface area contributed by atoms with Gasteiger partial charge >= 0.3 is 17.9 Å². The smallest absolute Gasteiger partial charge is 0.306 e. The fraction of sp³-hybridized carbons (Fsp3) is 0.750. The molecule has 82 heavy (non-hydrogen) atoms. The predicted octanol–water partition coefficient (Wildman–Crippen LogP) is 24.4. The highest BCUT2D eigenvalue weighted by atomic mass is 16.6. The van der Waals surface area contributed by atoms with Crippen LogP contribution < -0.4 is 0 Å². The molecule has 0 aromatic rings. The number of unbranched alkanes of at least 4 members (excludes halogenated alkanes) is 37. The monoisotopic (exact) mass is 1140 g/mol. The Balaban J connectivity index is 4.25. The Bertz CT molecular complexity index is 1590. The fourth-order valence-corrected chi connectivity index (χ4v) is 10.0. The lowest BCUT2D eigenvalue weighted by Gasteiger charge is -2.18. The van der Waals surface area contributed by atoms with Gasteiger partial charge in [-0.05, 0) is 122 Å². The summed E-state index contributed by atoms with van der Waals surface area (Å²) in [4.78, 5) is 38.4. The average molecular weight is 1140 g/mol. The molecule has 0 rings (SSSR count). The lowest BCUT2D eigenvalue weighted by Crippen LogP contribution is -2.30. The van der Waals surface area contributed by atoms with E-state index in [0.29, 0.717) is 19.3 Å². The molecule has 1 unspecified atom stereocenters. The fourth-order valence-electron chi connectivity index (χ4n) is 10.0. The molecule has 0 N–H and O–H groups in total.